The van der Waals surface area contributed by atoms with Crippen LogP contribution in [0.4, 0.5) is 0 Å². The van der Waals surface area contributed by atoms with Gasteiger partial charge in [0.05, 0.1) is 12.0 Å². The zero-order chi connectivity index (χ0) is 22.2. The SMILES string of the molecule is C[C@@H](C(=O)N1CCC(C(N)=O)CC1)N1CC[C@@]2(CCC1=O)CC(=O)c1ccccc1O2. The van der Waals surface area contributed by atoms with Gasteiger partial charge in [-0.25, -0.2) is 0 Å². The van der Waals surface area contributed by atoms with Crippen LogP contribution in [0, 0.1) is 5.92 Å². The number of fused-ring (bicyclic) bond motifs is 1. The number of likely N-dealkylation sites (tertiary alicyclic amines) is 2. The summed E-state index contributed by atoms with van der Waals surface area (Å²) in [7, 11) is 0. The van der Waals surface area contributed by atoms with Crippen LogP contribution in [0.3, 0.4) is 0 Å². The number of carbonyl (C=O) groups excluding carboxylic acids is 4. The first-order chi connectivity index (χ1) is 14.8. The van der Waals surface area contributed by atoms with Gasteiger partial charge in [-0.3, -0.25) is 19.2 Å². The molecule has 3 aliphatic heterocycles. The summed E-state index contributed by atoms with van der Waals surface area (Å²) in [6.07, 6.45) is 2.54. The van der Waals surface area contributed by atoms with Crippen LogP contribution in [0.1, 0.15) is 55.8 Å². The van der Waals surface area contributed by atoms with Gasteiger partial charge in [0.15, 0.2) is 5.78 Å². The highest BCUT2D eigenvalue weighted by Crippen LogP contribution is 2.39. The molecule has 4 rings (SSSR count). The van der Waals surface area contributed by atoms with Crippen molar-refractivity contribution in [3.63, 3.8) is 0 Å². The van der Waals surface area contributed by atoms with Gasteiger partial charge in [0.1, 0.15) is 17.4 Å². The van der Waals surface area contributed by atoms with Gasteiger partial charge >= 0.3 is 0 Å². The lowest BCUT2D eigenvalue weighted by Gasteiger charge is -2.38. The number of piperidine rings is 1. The van der Waals surface area contributed by atoms with Gasteiger partial charge in [-0.15, -0.1) is 0 Å². The van der Waals surface area contributed by atoms with E-state index in [4.69, 9.17) is 10.5 Å². The molecule has 31 heavy (non-hydrogen) atoms. The standard InChI is InChI=1S/C23H29N3O5/c1-15(22(30)25-11-7-16(8-12-25)21(24)29)26-13-10-23(9-6-20(26)28)14-18(27)17-4-2-3-5-19(17)31-23/h2-5,15-16H,6-14H2,1H3,(H2,24,29)/t15-,23-/m0/s1. The summed E-state index contributed by atoms with van der Waals surface area (Å²) in [5.41, 5.74) is 5.25. The number of hydrogen-bond donors (Lipinski definition) is 1. The molecule has 0 aromatic heterocycles. The zero-order valence-corrected chi connectivity index (χ0v) is 17.8. The van der Waals surface area contributed by atoms with Gasteiger partial charge in [0, 0.05) is 38.4 Å². The van der Waals surface area contributed by atoms with Crippen LogP contribution in [-0.4, -0.2) is 64.6 Å². The second kappa shape index (κ2) is 8.32. The summed E-state index contributed by atoms with van der Waals surface area (Å²) in [6.45, 7) is 3.05. The third kappa shape index (κ3) is 4.16. The van der Waals surface area contributed by atoms with Crippen molar-refractivity contribution in [2.45, 2.75) is 57.1 Å². The predicted octanol–water partition coefficient (Wildman–Crippen LogP) is 1.52. The van der Waals surface area contributed by atoms with E-state index in [-0.39, 0.29) is 42.3 Å². The molecule has 0 aliphatic carbocycles. The minimum Gasteiger partial charge on any atom is -0.486 e. The second-order valence-corrected chi connectivity index (χ2v) is 8.90. The molecule has 1 spiro atoms. The molecular formula is C23H29N3O5. The number of rotatable bonds is 3. The normalized spacial score (nSPS) is 25.6. The third-order valence-corrected chi connectivity index (χ3v) is 6.95. The van der Waals surface area contributed by atoms with Gasteiger partial charge in [0.2, 0.25) is 17.7 Å². The fourth-order valence-electron chi connectivity index (χ4n) is 4.97. The Morgan fingerprint density at radius 1 is 1.13 bits per heavy atom. The largest absolute Gasteiger partial charge is 0.486 e. The summed E-state index contributed by atoms with van der Waals surface area (Å²) in [6, 6.07) is 6.61. The van der Waals surface area contributed by atoms with Crippen LogP contribution < -0.4 is 10.5 Å². The molecule has 3 heterocycles. The average molecular weight is 428 g/mol. The number of hydrogen-bond acceptors (Lipinski definition) is 5. The smallest absolute Gasteiger partial charge is 0.245 e. The summed E-state index contributed by atoms with van der Waals surface area (Å²) < 4.78 is 6.26. The quantitative estimate of drug-likeness (QED) is 0.786. The van der Waals surface area contributed by atoms with Crippen molar-refractivity contribution in [3.8, 4) is 5.75 Å². The fourth-order valence-corrected chi connectivity index (χ4v) is 4.97. The lowest BCUT2D eigenvalue weighted by molar-refractivity contribution is -0.146. The van der Waals surface area contributed by atoms with E-state index < -0.39 is 11.6 Å². The second-order valence-electron chi connectivity index (χ2n) is 8.90. The van der Waals surface area contributed by atoms with Crippen molar-refractivity contribution in [1.82, 2.24) is 9.80 Å². The molecule has 3 aliphatic rings. The van der Waals surface area contributed by atoms with Crippen LogP contribution in [0.2, 0.25) is 0 Å². The summed E-state index contributed by atoms with van der Waals surface area (Å²) in [4.78, 5) is 53.3. The Morgan fingerprint density at radius 2 is 1.84 bits per heavy atom. The molecule has 0 radical (unpaired) electrons. The Hall–Kier alpha value is -2.90. The molecular weight excluding hydrogens is 398 g/mol. The molecule has 3 amide bonds. The third-order valence-electron chi connectivity index (χ3n) is 6.95. The molecule has 166 valence electrons. The van der Waals surface area contributed by atoms with E-state index in [0.717, 1.165) is 0 Å². The molecule has 1 aromatic rings. The zero-order valence-electron chi connectivity index (χ0n) is 17.8. The maximum atomic E-state index is 13.0. The molecule has 0 saturated carbocycles. The van der Waals surface area contributed by atoms with Crippen molar-refractivity contribution in [2.75, 3.05) is 19.6 Å². The number of nitrogens with two attached hydrogens (primary N) is 1. The van der Waals surface area contributed by atoms with Crippen LogP contribution in [-0.2, 0) is 14.4 Å². The number of carbonyl (C=O) groups is 4. The first-order valence-electron chi connectivity index (χ1n) is 11.0. The van der Waals surface area contributed by atoms with Gasteiger partial charge < -0.3 is 20.3 Å². The first kappa shape index (κ1) is 21.3. The minimum atomic E-state index is -0.710. The lowest BCUT2D eigenvalue weighted by atomic mass is 9.84. The molecule has 2 N–H and O–H groups in total. The Morgan fingerprint density at radius 3 is 2.55 bits per heavy atom. The van der Waals surface area contributed by atoms with E-state index in [1.165, 1.54) is 0 Å². The van der Waals surface area contributed by atoms with Gasteiger partial charge in [-0.05, 0) is 38.3 Å². The summed E-state index contributed by atoms with van der Waals surface area (Å²) in [5, 5.41) is 0. The Labute approximate surface area is 181 Å². The highest BCUT2D eigenvalue weighted by Gasteiger charge is 2.44. The molecule has 8 nitrogen and oxygen atoms in total. The van der Waals surface area contributed by atoms with E-state index in [2.05, 4.69) is 0 Å². The predicted molar refractivity (Wildman–Crippen MR) is 112 cm³/mol. The number of benzene rings is 1. The maximum absolute atomic E-state index is 13.0. The number of amides is 3. The number of primary amides is 1. The van der Waals surface area contributed by atoms with E-state index in [1.54, 1.807) is 28.9 Å². The highest BCUT2D eigenvalue weighted by atomic mass is 16.5. The fraction of sp³-hybridized carbons (Fsp3) is 0.565. The molecule has 0 unspecified atom stereocenters. The van der Waals surface area contributed by atoms with Gasteiger partial charge in [0.25, 0.3) is 0 Å². The Bertz CT molecular complexity index is 908. The number of Topliss-reactive ketones (excluding diaryl/α,β-unsaturated/α-hetero) is 1. The Kier molecular flexibility index (Phi) is 5.73. The van der Waals surface area contributed by atoms with Crippen molar-refractivity contribution >= 4 is 23.5 Å². The van der Waals surface area contributed by atoms with E-state index in [0.29, 0.717) is 56.6 Å². The minimum absolute atomic E-state index is 0.0317. The van der Waals surface area contributed by atoms with Crippen molar-refractivity contribution in [2.24, 2.45) is 11.7 Å². The monoisotopic (exact) mass is 427 g/mol. The number of ketones is 1. The van der Waals surface area contributed by atoms with Crippen molar-refractivity contribution in [3.05, 3.63) is 29.8 Å². The lowest BCUT2D eigenvalue weighted by Crippen LogP contribution is -2.52. The van der Waals surface area contributed by atoms with Crippen molar-refractivity contribution < 1.29 is 23.9 Å². The number of ether oxygens (including phenoxy) is 1. The molecule has 1 aromatic carbocycles. The average Bonchev–Trinajstić information content (AvgIpc) is 2.92. The molecule has 2 atom stereocenters. The van der Waals surface area contributed by atoms with E-state index in [9.17, 15) is 19.2 Å². The summed E-state index contributed by atoms with van der Waals surface area (Å²) >= 11 is 0. The van der Waals surface area contributed by atoms with E-state index >= 15 is 0 Å². The molecule has 2 saturated heterocycles. The molecule has 0 bridgehead atoms. The van der Waals surface area contributed by atoms with Crippen LogP contribution in [0.25, 0.3) is 0 Å². The van der Waals surface area contributed by atoms with Crippen LogP contribution in [0.5, 0.6) is 5.75 Å². The molecule has 2 fully saturated rings. The first-order valence-corrected chi connectivity index (χ1v) is 11.0. The number of nitrogens with zero attached hydrogens (tertiary/aromatic N) is 2. The molecule has 8 heteroatoms. The Balaban J connectivity index is 1.43. The van der Waals surface area contributed by atoms with Gasteiger partial charge in [-0.2, -0.15) is 0 Å². The highest BCUT2D eigenvalue weighted by molar-refractivity contribution is 6.00. The maximum Gasteiger partial charge on any atom is 0.245 e. The van der Waals surface area contributed by atoms with Crippen LogP contribution in [0.15, 0.2) is 24.3 Å². The topological polar surface area (TPSA) is 110 Å². The van der Waals surface area contributed by atoms with E-state index in [1.807, 2.05) is 12.1 Å². The van der Waals surface area contributed by atoms with Gasteiger partial charge in [-0.1, -0.05) is 12.1 Å². The number of para-hydroxylation sites is 1. The summed E-state index contributed by atoms with van der Waals surface area (Å²) in [5.74, 6) is -0.122. The van der Waals surface area contributed by atoms with Crippen molar-refractivity contribution in [1.29, 1.82) is 0 Å². The van der Waals surface area contributed by atoms with Crippen LogP contribution >= 0.6 is 0 Å².